The van der Waals surface area contributed by atoms with Crippen LogP contribution < -0.4 is 5.32 Å². The summed E-state index contributed by atoms with van der Waals surface area (Å²) < 4.78 is 14.0. The van der Waals surface area contributed by atoms with Crippen molar-refractivity contribution >= 4 is 32.6 Å². The van der Waals surface area contributed by atoms with Gasteiger partial charge in [0.25, 0.3) is 5.91 Å². The summed E-state index contributed by atoms with van der Waals surface area (Å²) in [5.74, 6) is -1.46. The molecule has 1 aromatic heterocycles. The Balaban J connectivity index is 1.90. The molecular formula is C14H9FN2O2S. The lowest BCUT2D eigenvalue weighted by atomic mass is 10.2. The Bertz CT molecular complexity index is 768. The Morgan fingerprint density at radius 3 is 2.85 bits per heavy atom. The lowest BCUT2D eigenvalue weighted by Crippen LogP contribution is -2.12. The van der Waals surface area contributed by atoms with Crippen LogP contribution >= 0.6 is 11.3 Å². The SMILES string of the molecule is O=C(Nc1nc2ccccc2s1)c1cc(F)ccc1O. The fourth-order valence-electron chi connectivity index (χ4n) is 1.78. The minimum absolute atomic E-state index is 0.121. The summed E-state index contributed by atoms with van der Waals surface area (Å²) in [6.07, 6.45) is 0. The number of para-hydroxylation sites is 1. The van der Waals surface area contributed by atoms with Gasteiger partial charge in [0.1, 0.15) is 11.6 Å². The third-order valence-electron chi connectivity index (χ3n) is 2.72. The number of aromatic hydroxyl groups is 1. The van der Waals surface area contributed by atoms with Crippen molar-refractivity contribution in [1.29, 1.82) is 0 Å². The second kappa shape index (κ2) is 4.90. The molecule has 6 heteroatoms. The van der Waals surface area contributed by atoms with Crippen LogP contribution in [0.15, 0.2) is 42.5 Å². The number of hydrogen-bond donors (Lipinski definition) is 2. The van der Waals surface area contributed by atoms with Crippen LogP contribution in [0.1, 0.15) is 10.4 Å². The predicted octanol–water partition coefficient (Wildman–Crippen LogP) is 3.39. The average molecular weight is 288 g/mol. The van der Waals surface area contributed by atoms with Gasteiger partial charge in [-0.1, -0.05) is 23.5 Å². The Morgan fingerprint density at radius 2 is 2.05 bits per heavy atom. The van der Waals surface area contributed by atoms with Crippen molar-refractivity contribution in [3.63, 3.8) is 0 Å². The van der Waals surface area contributed by atoms with E-state index in [0.717, 1.165) is 28.4 Å². The number of nitrogens with zero attached hydrogens (tertiary/aromatic N) is 1. The first-order valence-corrected chi connectivity index (χ1v) is 6.60. The van der Waals surface area contributed by atoms with Crippen LogP contribution in [0.2, 0.25) is 0 Å². The van der Waals surface area contributed by atoms with Crippen molar-refractivity contribution in [2.24, 2.45) is 0 Å². The molecule has 1 heterocycles. The normalized spacial score (nSPS) is 10.7. The quantitative estimate of drug-likeness (QED) is 0.759. The number of thiazole rings is 1. The number of benzene rings is 2. The molecule has 0 fully saturated rings. The number of hydrogen-bond acceptors (Lipinski definition) is 4. The van der Waals surface area contributed by atoms with Gasteiger partial charge in [0.15, 0.2) is 5.13 Å². The summed E-state index contributed by atoms with van der Waals surface area (Å²) >= 11 is 1.31. The van der Waals surface area contributed by atoms with Gasteiger partial charge in [-0.05, 0) is 30.3 Å². The van der Waals surface area contributed by atoms with E-state index in [4.69, 9.17) is 0 Å². The number of aromatic nitrogens is 1. The standard InChI is InChI=1S/C14H9FN2O2S/c15-8-5-6-11(18)9(7-8)13(19)17-14-16-10-3-1-2-4-12(10)20-14/h1-7,18H,(H,16,17,19). The molecule has 0 atom stereocenters. The third kappa shape index (κ3) is 2.33. The highest BCUT2D eigenvalue weighted by Gasteiger charge is 2.14. The number of fused-ring (bicyclic) bond motifs is 1. The zero-order valence-electron chi connectivity index (χ0n) is 10.1. The lowest BCUT2D eigenvalue weighted by molar-refractivity contribution is 0.102. The number of amides is 1. The van der Waals surface area contributed by atoms with Crippen LogP contribution in [0.25, 0.3) is 10.2 Å². The van der Waals surface area contributed by atoms with E-state index in [9.17, 15) is 14.3 Å². The van der Waals surface area contributed by atoms with Crippen LogP contribution in [0.3, 0.4) is 0 Å². The number of nitrogens with one attached hydrogen (secondary N) is 1. The fourth-order valence-corrected chi connectivity index (χ4v) is 2.64. The van der Waals surface area contributed by atoms with Gasteiger partial charge in [-0.25, -0.2) is 9.37 Å². The number of halogens is 1. The average Bonchev–Trinajstić information content (AvgIpc) is 2.83. The third-order valence-corrected chi connectivity index (χ3v) is 3.67. The second-order valence-electron chi connectivity index (χ2n) is 4.10. The summed E-state index contributed by atoms with van der Waals surface area (Å²) in [6.45, 7) is 0. The Hall–Kier alpha value is -2.47. The molecule has 2 aromatic carbocycles. The van der Waals surface area contributed by atoms with E-state index in [1.165, 1.54) is 11.3 Å². The van der Waals surface area contributed by atoms with Crippen molar-refractivity contribution in [3.8, 4) is 5.75 Å². The molecule has 0 saturated heterocycles. The highest BCUT2D eigenvalue weighted by Crippen LogP contribution is 2.26. The fraction of sp³-hybridized carbons (Fsp3) is 0. The van der Waals surface area contributed by atoms with E-state index in [0.29, 0.717) is 5.13 Å². The molecule has 0 unspecified atom stereocenters. The largest absolute Gasteiger partial charge is 0.507 e. The van der Waals surface area contributed by atoms with Crippen LogP contribution in [-0.2, 0) is 0 Å². The van der Waals surface area contributed by atoms with E-state index in [1.54, 1.807) is 0 Å². The highest BCUT2D eigenvalue weighted by atomic mass is 32.1. The highest BCUT2D eigenvalue weighted by molar-refractivity contribution is 7.22. The van der Waals surface area contributed by atoms with Crippen molar-refractivity contribution in [3.05, 3.63) is 53.8 Å². The van der Waals surface area contributed by atoms with Gasteiger partial charge in [-0.2, -0.15) is 0 Å². The number of phenolic OH excluding ortho intramolecular Hbond substituents is 1. The monoisotopic (exact) mass is 288 g/mol. The van der Waals surface area contributed by atoms with Crippen molar-refractivity contribution in [1.82, 2.24) is 4.98 Å². The number of carbonyl (C=O) groups is 1. The Kier molecular flexibility index (Phi) is 3.08. The van der Waals surface area contributed by atoms with Crippen LogP contribution in [0.5, 0.6) is 5.75 Å². The molecule has 100 valence electrons. The lowest BCUT2D eigenvalue weighted by Gasteiger charge is -2.03. The molecule has 0 aliphatic heterocycles. The van der Waals surface area contributed by atoms with Crippen LogP contribution in [0, 0.1) is 5.82 Å². The van der Waals surface area contributed by atoms with Gasteiger partial charge in [0.05, 0.1) is 15.8 Å². The first-order valence-electron chi connectivity index (χ1n) is 5.79. The van der Waals surface area contributed by atoms with Gasteiger partial charge in [-0.3, -0.25) is 10.1 Å². The minimum Gasteiger partial charge on any atom is -0.507 e. The summed E-state index contributed by atoms with van der Waals surface area (Å²) in [7, 11) is 0. The van der Waals surface area contributed by atoms with Gasteiger partial charge >= 0.3 is 0 Å². The number of rotatable bonds is 2. The summed E-state index contributed by atoms with van der Waals surface area (Å²) in [4.78, 5) is 16.2. The van der Waals surface area contributed by atoms with E-state index >= 15 is 0 Å². The Morgan fingerprint density at radius 1 is 1.25 bits per heavy atom. The summed E-state index contributed by atoms with van der Waals surface area (Å²) in [5, 5.41) is 12.5. The molecule has 3 rings (SSSR count). The number of phenols is 1. The molecule has 20 heavy (non-hydrogen) atoms. The second-order valence-corrected chi connectivity index (χ2v) is 5.13. The molecule has 0 radical (unpaired) electrons. The molecule has 2 N–H and O–H groups in total. The van der Waals surface area contributed by atoms with Gasteiger partial charge < -0.3 is 5.11 Å². The van der Waals surface area contributed by atoms with Gasteiger partial charge in [0.2, 0.25) is 0 Å². The summed E-state index contributed by atoms with van der Waals surface area (Å²) in [5.41, 5.74) is 0.653. The van der Waals surface area contributed by atoms with Crippen molar-refractivity contribution in [2.75, 3.05) is 5.32 Å². The maximum atomic E-state index is 13.1. The molecule has 0 bridgehead atoms. The van der Waals surface area contributed by atoms with Crippen molar-refractivity contribution in [2.45, 2.75) is 0 Å². The molecular weight excluding hydrogens is 279 g/mol. The zero-order valence-corrected chi connectivity index (χ0v) is 10.9. The molecule has 1 amide bonds. The maximum Gasteiger partial charge on any atom is 0.261 e. The summed E-state index contributed by atoms with van der Waals surface area (Å²) in [6, 6.07) is 10.7. The topological polar surface area (TPSA) is 62.2 Å². The first kappa shape index (κ1) is 12.6. The van der Waals surface area contributed by atoms with Gasteiger partial charge in [-0.15, -0.1) is 0 Å². The van der Waals surface area contributed by atoms with E-state index < -0.39 is 11.7 Å². The van der Waals surface area contributed by atoms with Gasteiger partial charge in [0, 0.05) is 0 Å². The first-order chi connectivity index (χ1) is 9.63. The molecule has 0 aliphatic carbocycles. The number of carbonyl (C=O) groups excluding carboxylic acids is 1. The molecule has 4 nitrogen and oxygen atoms in total. The minimum atomic E-state index is -0.596. The molecule has 0 aliphatic rings. The number of anilines is 1. The van der Waals surface area contributed by atoms with Crippen molar-refractivity contribution < 1.29 is 14.3 Å². The smallest absolute Gasteiger partial charge is 0.261 e. The molecule has 3 aromatic rings. The Labute approximate surface area is 117 Å². The molecule has 0 saturated carbocycles. The molecule has 0 spiro atoms. The van der Waals surface area contributed by atoms with E-state index in [-0.39, 0.29) is 11.3 Å². The van der Waals surface area contributed by atoms with E-state index in [2.05, 4.69) is 10.3 Å². The zero-order chi connectivity index (χ0) is 14.1. The predicted molar refractivity (Wildman–Crippen MR) is 75.6 cm³/mol. The van der Waals surface area contributed by atoms with Crippen LogP contribution in [0.4, 0.5) is 9.52 Å². The maximum absolute atomic E-state index is 13.1. The van der Waals surface area contributed by atoms with Crippen LogP contribution in [-0.4, -0.2) is 16.0 Å². The van der Waals surface area contributed by atoms with E-state index in [1.807, 2.05) is 24.3 Å².